The first-order chi connectivity index (χ1) is 14.6. The number of aromatic nitrogens is 3. The number of pyridine rings is 1. The Labute approximate surface area is 171 Å². The first-order valence-electron chi connectivity index (χ1n) is 9.11. The van der Waals surface area contributed by atoms with E-state index in [2.05, 4.69) is 20.3 Å². The predicted octanol–water partition coefficient (Wildman–Crippen LogP) is 4.41. The molecule has 1 N–H and O–H groups in total. The Morgan fingerprint density at radius 3 is 2.70 bits per heavy atom. The Balaban J connectivity index is 1.67. The van der Waals surface area contributed by atoms with Crippen molar-refractivity contribution >= 4 is 28.4 Å². The van der Waals surface area contributed by atoms with Gasteiger partial charge in [0.15, 0.2) is 11.6 Å². The highest BCUT2D eigenvalue weighted by Crippen LogP contribution is 2.36. The summed E-state index contributed by atoms with van der Waals surface area (Å²) in [6, 6.07) is 15.4. The highest BCUT2D eigenvalue weighted by molar-refractivity contribution is 5.91. The fraction of sp³-hybridized carbons (Fsp3) is 0.0909. The lowest BCUT2D eigenvalue weighted by atomic mass is 10.2. The summed E-state index contributed by atoms with van der Waals surface area (Å²) in [5.41, 5.74) is 1.35. The largest absolute Gasteiger partial charge is 0.487 e. The van der Waals surface area contributed by atoms with Crippen molar-refractivity contribution in [2.24, 2.45) is 0 Å². The van der Waals surface area contributed by atoms with Crippen LogP contribution in [0.15, 0.2) is 67.1 Å². The maximum absolute atomic E-state index is 15.0. The van der Waals surface area contributed by atoms with Gasteiger partial charge in [-0.2, -0.15) is 0 Å². The number of hydrogen-bond donors (Lipinski definition) is 1. The van der Waals surface area contributed by atoms with Crippen LogP contribution in [0.3, 0.4) is 0 Å². The van der Waals surface area contributed by atoms with Gasteiger partial charge in [-0.15, -0.1) is 0 Å². The third kappa shape index (κ3) is 4.33. The van der Waals surface area contributed by atoms with E-state index in [4.69, 9.17) is 9.47 Å². The quantitative estimate of drug-likeness (QED) is 0.376. The topological polar surface area (TPSA) is 86.2 Å². The number of para-hydroxylation sites is 1. The molecular weight excluding hydrogens is 387 g/mol. The van der Waals surface area contributed by atoms with Gasteiger partial charge < -0.3 is 14.8 Å². The van der Waals surface area contributed by atoms with Crippen molar-refractivity contribution in [1.29, 1.82) is 0 Å². The molecule has 8 heteroatoms. The summed E-state index contributed by atoms with van der Waals surface area (Å²) in [5.74, 6) is -0.678. The second-order valence-corrected chi connectivity index (χ2v) is 6.35. The summed E-state index contributed by atoms with van der Waals surface area (Å²) < 4.78 is 25.8. The minimum Gasteiger partial charge on any atom is -0.487 e. The maximum atomic E-state index is 15.0. The highest BCUT2D eigenvalue weighted by Gasteiger charge is 2.17. The smallest absolute Gasteiger partial charge is 0.308 e. The Morgan fingerprint density at radius 2 is 1.90 bits per heavy atom. The van der Waals surface area contributed by atoms with Gasteiger partial charge in [0.05, 0.1) is 11.2 Å². The summed E-state index contributed by atoms with van der Waals surface area (Å²) in [7, 11) is 0. The number of halogens is 1. The van der Waals surface area contributed by atoms with Crippen molar-refractivity contribution in [1.82, 2.24) is 15.0 Å². The molecule has 2 heterocycles. The van der Waals surface area contributed by atoms with Crippen LogP contribution in [0.1, 0.15) is 12.6 Å². The van der Waals surface area contributed by atoms with Crippen molar-refractivity contribution in [3.63, 3.8) is 0 Å². The standard InChI is InChI=1S/C22H17FN4O3/c1-14(28)30-20-11-16(29-12-15-6-4-5-9-24-15)10-18(23)21(20)27-22-17-7-2-3-8-19(17)25-13-26-22/h2-11,13H,12H2,1H3,(H,25,26,27). The molecule has 7 nitrogen and oxygen atoms in total. The predicted molar refractivity (Wildman–Crippen MR) is 109 cm³/mol. The molecule has 0 bridgehead atoms. The second kappa shape index (κ2) is 8.52. The van der Waals surface area contributed by atoms with E-state index >= 15 is 0 Å². The first kappa shape index (κ1) is 19.3. The van der Waals surface area contributed by atoms with Gasteiger partial charge in [-0.25, -0.2) is 14.4 Å². The normalized spacial score (nSPS) is 10.6. The molecule has 0 spiro atoms. The lowest BCUT2D eigenvalue weighted by Crippen LogP contribution is -2.07. The Hall–Kier alpha value is -4.07. The number of ether oxygens (including phenoxy) is 2. The van der Waals surface area contributed by atoms with Crippen LogP contribution >= 0.6 is 0 Å². The zero-order chi connectivity index (χ0) is 20.9. The molecule has 2 aromatic heterocycles. The van der Waals surface area contributed by atoms with Crippen molar-refractivity contribution < 1.29 is 18.7 Å². The number of esters is 1. The van der Waals surface area contributed by atoms with Gasteiger partial charge >= 0.3 is 5.97 Å². The van der Waals surface area contributed by atoms with Gasteiger partial charge in [-0.05, 0) is 24.3 Å². The number of anilines is 2. The summed E-state index contributed by atoms with van der Waals surface area (Å²) in [5, 5.41) is 3.62. The number of benzene rings is 2. The van der Waals surface area contributed by atoms with E-state index in [0.29, 0.717) is 22.4 Å². The van der Waals surface area contributed by atoms with E-state index in [1.165, 1.54) is 25.4 Å². The molecule has 0 aliphatic heterocycles. The second-order valence-electron chi connectivity index (χ2n) is 6.35. The third-order valence-corrected chi connectivity index (χ3v) is 4.18. The zero-order valence-corrected chi connectivity index (χ0v) is 16.0. The van der Waals surface area contributed by atoms with Crippen LogP contribution in [0, 0.1) is 5.82 Å². The monoisotopic (exact) mass is 404 g/mol. The van der Waals surface area contributed by atoms with Gasteiger partial charge in [0.2, 0.25) is 0 Å². The van der Waals surface area contributed by atoms with E-state index in [0.717, 1.165) is 0 Å². The van der Waals surface area contributed by atoms with Crippen LogP contribution < -0.4 is 14.8 Å². The average molecular weight is 404 g/mol. The Kier molecular flexibility index (Phi) is 5.47. The molecule has 0 aliphatic carbocycles. The lowest BCUT2D eigenvalue weighted by Gasteiger charge is -2.15. The van der Waals surface area contributed by atoms with Gasteiger partial charge in [-0.1, -0.05) is 18.2 Å². The molecule has 4 aromatic rings. The van der Waals surface area contributed by atoms with E-state index in [1.807, 2.05) is 30.3 Å². The number of nitrogens with zero attached hydrogens (tertiary/aromatic N) is 3. The minimum absolute atomic E-state index is 0.0128. The summed E-state index contributed by atoms with van der Waals surface area (Å²) in [6.45, 7) is 1.38. The van der Waals surface area contributed by atoms with E-state index in [1.54, 1.807) is 18.3 Å². The van der Waals surface area contributed by atoms with Crippen molar-refractivity contribution in [2.45, 2.75) is 13.5 Å². The first-order valence-corrected chi connectivity index (χ1v) is 9.11. The van der Waals surface area contributed by atoms with Crippen molar-refractivity contribution in [2.75, 3.05) is 5.32 Å². The zero-order valence-electron chi connectivity index (χ0n) is 16.0. The number of carbonyl (C=O) groups excluding carboxylic acids is 1. The molecule has 150 valence electrons. The highest BCUT2D eigenvalue weighted by atomic mass is 19.1. The number of nitrogens with one attached hydrogen (secondary N) is 1. The van der Waals surface area contributed by atoms with Gasteiger partial charge in [0.1, 0.15) is 30.2 Å². The molecule has 0 aliphatic rings. The fourth-order valence-electron chi connectivity index (χ4n) is 2.86. The van der Waals surface area contributed by atoms with Crippen LogP contribution in [-0.4, -0.2) is 20.9 Å². The fourth-order valence-corrected chi connectivity index (χ4v) is 2.86. The SMILES string of the molecule is CC(=O)Oc1cc(OCc2ccccn2)cc(F)c1Nc1ncnc2ccccc12. The molecule has 0 amide bonds. The van der Waals surface area contributed by atoms with Crippen molar-refractivity contribution in [3.8, 4) is 11.5 Å². The summed E-state index contributed by atoms with van der Waals surface area (Å²) in [6.07, 6.45) is 3.01. The van der Waals surface area contributed by atoms with Crippen molar-refractivity contribution in [3.05, 3.63) is 78.6 Å². The van der Waals surface area contributed by atoms with Gasteiger partial charge in [0, 0.05) is 30.6 Å². The summed E-state index contributed by atoms with van der Waals surface area (Å²) in [4.78, 5) is 24.1. The Morgan fingerprint density at radius 1 is 1.07 bits per heavy atom. The van der Waals surface area contributed by atoms with Crippen LogP contribution in [-0.2, 0) is 11.4 Å². The minimum atomic E-state index is -0.660. The molecule has 30 heavy (non-hydrogen) atoms. The molecule has 0 fully saturated rings. The van der Waals surface area contributed by atoms with Crippen LogP contribution in [0.4, 0.5) is 15.9 Å². The van der Waals surface area contributed by atoms with E-state index in [-0.39, 0.29) is 23.8 Å². The molecule has 0 unspecified atom stereocenters. The van der Waals surface area contributed by atoms with E-state index < -0.39 is 11.8 Å². The molecule has 4 rings (SSSR count). The number of carbonyl (C=O) groups is 1. The number of fused-ring (bicyclic) bond motifs is 1. The molecule has 0 saturated carbocycles. The summed E-state index contributed by atoms with van der Waals surface area (Å²) >= 11 is 0. The average Bonchev–Trinajstić information content (AvgIpc) is 2.75. The van der Waals surface area contributed by atoms with Gasteiger partial charge in [0.25, 0.3) is 0 Å². The van der Waals surface area contributed by atoms with E-state index in [9.17, 15) is 9.18 Å². The Bertz CT molecular complexity index is 1200. The molecule has 0 radical (unpaired) electrons. The molecule has 2 aromatic carbocycles. The number of rotatable bonds is 6. The van der Waals surface area contributed by atoms with Crippen LogP contribution in [0.25, 0.3) is 10.9 Å². The van der Waals surface area contributed by atoms with Gasteiger partial charge in [-0.3, -0.25) is 9.78 Å². The maximum Gasteiger partial charge on any atom is 0.308 e. The van der Waals surface area contributed by atoms with Crippen LogP contribution in [0.2, 0.25) is 0 Å². The van der Waals surface area contributed by atoms with Crippen LogP contribution in [0.5, 0.6) is 11.5 Å². The number of hydrogen-bond acceptors (Lipinski definition) is 7. The lowest BCUT2D eigenvalue weighted by molar-refractivity contribution is -0.131. The molecular formula is C22H17FN4O3. The molecule has 0 atom stereocenters. The third-order valence-electron chi connectivity index (χ3n) is 4.18. The molecule has 0 saturated heterocycles.